The highest BCUT2D eigenvalue weighted by atomic mass is 35.5. The summed E-state index contributed by atoms with van der Waals surface area (Å²) in [6.45, 7) is 47.6. The van der Waals surface area contributed by atoms with E-state index in [0.29, 0.717) is 63.5 Å². The van der Waals surface area contributed by atoms with Gasteiger partial charge in [0.15, 0.2) is 16.6 Å². The monoisotopic (exact) mass is 1110 g/mol. The van der Waals surface area contributed by atoms with Gasteiger partial charge in [0.1, 0.15) is 5.75 Å². The molecule has 0 fully saturated rings. The third kappa shape index (κ3) is 16.6. The maximum atomic E-state index is 11.3. The highest BCUT2D eigenvalue weighted by Gasteiger charge is 2.42. The third-order valence-electron chi connectivity index (χ3n) is 13.9. The molecule has 6 rings (SSSR count). The van der Waals surface area contributed by atoms with Crippen molar-refractivity contribution in [2.45, 2.75) is 156 Å². The number of phenolic OH excluding ortho intramolecular Hbond substituents is 1. The Labute approximate surface area is 459 Å². The smallest absolute Gasteiger partial charge is 0.247 e. The molecule has 0 aliphatic carbocycles. The van der Waals surface area contributed by atoms with E-state index in [-0.39, 0.29) is 51.0 Å². The van der Waals surface area contributed by atoms with Crippen molar-refractivity contribution in [2.75, 3.05) is 5.32 Å². The number of halogens is 3. The van der Waals surface area contributed by atoms with E-state index in [1.54, 1.807) is 48.5 Å². The maximum absolute atomic E-state index is 11.3. The van der Waals surface area contributed by atoms with Crippen LogP contribution in [0.1, 0.15) is 115 Å². The number of aromatic nitrogens is 4. The number of rotatable bonds is 15. The zero-order valence-electron chi connectivity index (χ0n) is 45.9. The van der Waals surface area contributed by atoms with Crippen LogP contribution in [0.2, 0.25) is 46.3 Å². The second kappa shape index (κ2) is 25.9. The van der Waals surface area contributed by atoms with Crippen molar-refractivity contribution < 1.29 is 32.4 Å². The van der Waals surface area contributed by atoms with Gasteiger partial charge in [0.05, 0.1) is 47.2 Å². The number of carbonyl (C=O) groups is 2. The molecule has 19 heteroatoms. The molecular weight excluding hydrogens is 1050 g/mol. The van der Waals surface area contributed by atoms with Gasteiger partial charge in [-0.1, -0.05) is 89.0 Å². The molecule has 0 unspecified atom stereocenters. The summed E-state index contributed by atoms with van der Waals surface area (Å²) in [4.78, 5) is 27.5. The van der Waals surface area contributed by atoms with E-state index in [1.807, 2.05) is 38.1 Å². The maximum Gasteiger partial charge on any atom is 0.247 e. The van der Waals surface area contributed by atoms with Gasteiger partial charge in [0.25, 0.3) is 0 Å². The number of anilines is 1. The largest absolute Gasteiger partial charge is 0.508 e. The van der Waals surface area contributed by atoms with E-state index in [4.69, 9.17) is 54.0 Å². The molecule has 2 N–H and O–H groups in total. The van der Waals surface area contributed by atoms with Gasteiger partial charge in [-0.3, -0.25) is 9.59 Å². The van der Waals surface area contributed by atoms with Crippen molar-refractivity contribution in [3.63, 3.8) is 0 Å². The van der Waals surface area contributed by atoms with Crippen molar-refractivity contribution in [3.05, 3.63) is 140 Å². The van der Waals surface area contributed by atoms with E-state index in [0.717, 1.165) is 33.4 Å². The number of benzene rings is 4. The summed E-state index contributed by atoms with van der Waals surface area (Å²) < 4.78 is 25.8. The van der Waals surface area contributed by atoms with E-state index >= 15 is 0 Å². The number of carbonyl (C=O) groups excluding carboxylic acids is 2. The average Bonchev–Trinajstić information content (AvgIpc) is 4.01. The summed E-state index contributed by atoms with van der Waals surface area (Å²) >= 11 is 17.6. The van der Waals surface area contributed by atoms with Crippen LogP contribution in [0.5, 0.6) is 5.75 Å². The van der Waals surface area contributed by atoms with Crippen molar-refractivity contribution in [3.8, 4) is 28.7 Å². The van der Waals surface area contributed by atoms with Crippen LogP contribution >= 0.6 is 34.8 Å². The molecule has 0 spiro atoms. The quantitative estimate of drug-likeness (QED) is 0.0569. The number of aromatic hydroxyl groups is 1. The number of hydrogen-bond donors (Lipinski definition) is 2. The summed E-state index contributed by atoms with van der Waals surface area (Å²) in [5.74, 6) is 1.36. The fourth-order valence-electron chi connectivity index (χ4n) is 7.37. The number of phenols is 1. The van der Waals surface area contributed by atoms with Gasteiger partial charge in [-0.05, 0) is 159 Å². The highest BCUT2D eigenvalue weighted by Crippen LogP contribution is 2.43. The van der Waals surface area contributed by atoms with E-state index < -0.39 is 16.6 Å². The first-order chi connectivity index (χ1) is 34.8. The van der Waals surface area contributed by atoms with Crippen molar-refractivity contribution in [1.29, 1.82) is 0 Å². The van der Waals surface area contributed by atoms with E-state index in [2.05, 4.69) is 129 Å². The second-order valence-electron chi connectivity index (χ2n) is 21.5. The predicted molar refractivity (Wildman–Crippen MR) is 305 cm³/mol. The summed E-state index contributed by atoms with van der Waals surface area (Å²) in [5, 5.41) is 30.4. The summed E-state index contributed by atoms with van der Waals surface area (Å²) in [7, 11) is -4.15. The summed E-state index contributed by atoms with van der Waals surface area (Å²) in [6.07, 6.45) is 0.766. The molecule has 2 heterocycles. The minimum absolute atomic E-state index is 0.0397. The van der Waals surface area contributed by atoms with E-state index in [9.17, 15) is 14.7 Å². The fraction of sp³-hybridized carbons (Fsp3) is 0.429. The number of amides is 1. The molecule has 0 radical (unpaired) electrons. The third-order valence-corrected chi connectivity index (χ3v) is 24.0. The summed E-state index contributed by atoms with van der Waals surface area (Å²) in [5.41, 5.74) is 6.82. The molecule has 4 aromatic carbocycles. The molecule has 400 valence electrons. The Kier molecular flexibility index (Phi) is 21.4. The molecule has 75 heavy (non-hydrogen) atoms. The predicted octanol–water partition coefficient (Wildman–Crippen LogP) is 16.4. The Morgan fingerprint density at radius 3 is 1.32 bits per heavy atom. The first-order valence-electron chi connectivity index (χ1n) is 24.5. The van der Waals surface area contributed by atoms with Crippen LogP contribution in [0.4, 0.5) is 17.1 Å². The molecule has 0 aliphatic heterocycles. The van der Waals surface area contributed by atoms with Gasteiger partial charge in [-0.2, -0.15) is 0 Å². The van der Waals surface area contributed by atoms with Crippen LogP contribution in [0.15, 0.2) is 81.6 Å². The second-order valence-corrected chi connectivity index (χ2v) is 32.3. The van der Waals surface area contributed by atoms with Crippen molar-refractivity contribution in [2.24, 2.45) is 0 Å². The molecule has 0 bridgehead atoms. The van der Waals surface area contributed by atoms with Gasteiger partial charge in [0, 0.05) is 30.7 Å². The molecular formula is C56H70Cl3N7O7Si2. The van der Waals surface area contributed by atoms with Crippen molar-refractivity contribution >= 4 is 79.6 Å². The highest BCUT2D eigenvalue weighted by molar-refractivity contribution is 6.74. The lowest BCUT2D eigenvalue weighted by Crippen LogP contribution is -2.44. The minimum atomic E-state index is -2.09. The fourth-order valence-corrected chi connectivity index (χ4v) is 10.7. The first kappa shape index (κ1) is 61.8. The minimum Gasteiger partial charge on any atom is -0.508 e. The van der Waals surface area contributed by atoms with Gasteiger partial charge in [-0.15, -0.1) is 20.4 Å². The molecule has 6 aromatic rings. The number of nitrogens with one attached hydrogen (secondary N) is 1. The molecule has 4 atom stereocenters. The molecule has 0 saturated carbocycles. The van der Waals surface area contributed by atoms with Crippen LogP contribution in [0.25, 0.3) is 32.6 Å². The lowest BCUT2D eigenvalue weighted by atomic mass is 9.92. The standard InChI is InChI=1S/C28H35ClN4O3Si.C26H32ClN3O3Si.C2H3ClO/c1-17-21(12-15-24(30-7)25(17)29)16-23(18(2)36-37(8,9)28(4,5)6)27-33-32-26(35-27)20-10-13-22(14-11-20)31-19(3)34;1-16-19(11-14-22(28-6)23(16)27)15-21(17(2)33-34(7,8)26(3,4)5)25-30-29-24(32-25)18-9-12-20(31)13-10-18;1-2(3)4/h10-15,18,23H,16H2,1-6,8-9H3,(H,31,34);9-14,17,21,31H,15H2,1-5,7-8H3;1H3/t18-,23+;17-,21+;/m00./s1. The zero-order valence-corrected chi connectivity index (χ0v) is 50.1. The lowest BCUT2D eigenvalue weighted by molar-refractivity contribution is -0.114. The molecule has 0 aliphatic rings. The molecule has 1 amide bonds. The Hall–Kier alpha value is -5.70. The number of hydrogen-bond acceptors (Lipinski definition) is 11. The van der Waals surface area contributed by atoms with Crippen LogP contribution in [-0.2, 0) is 31.3 Å². The molecule has 14 nitrogen and oxygen atoms in total. The van der Waals surface area contributed by atoms with Crippen LogP contribution in [-0.4, -0.2) is 65.5 Å². The Balaban J connectivity index is 0.000000304. The SMILES string of the molecule is CC(=O)Cl.[C-]#[N+]c1ccc(C[C@@H](c2nnc(-c3ccc(NC(C)=O)cc3)o2)[C@H](C)O[Si](C)(C)C(C)(C)C)c(C)c1Cl.[C-]#[N+]c1ccc(C[C@@H](c2nnc(-c3ccc(O)cc3)o2)[C@H](C)O[Si](C)(C)C(C)(C)C)c(C)c1Cl. The Morgan fingerprint density at radius 1 is 0.653 bits per heavy atom. The summed E-state index contributed by atoms with van der Waals surface area (Å²) in [6, 6.07) is 21.3. The zero-order chi connectivity index (χ0) is 56.4. The van der Waals surface area contributed by atoms with Crippen LogP contribution in [0.3, 0.4) is 0 Å². The molecule has 2 aromatic heterocycles. The Bertz CT molecular complexity index is 3000. The van der Waals surface area contributed by atoms with Gasteiger partial charge in [-0.25, -0.2) is 9.69 Å². The van der Waals surface area contributed by atoms with Gasteiger partial charge in [0.2, 0.25) is 46.1 Å². The van der Waals surface area contributed by atoms with Crippen LogP contribution in [0, 0.1) is 27.0 Å². The molecule has 0 saturated heterocycles. The lowest BCUT2D eigenvalue weighted by Gasteiger charge is -2.40. The van der Waals surface area contributed by atoms with Crippen LogP contribution < -0.4 is 5.32 Å². The first-order valence-corrected chi connectivity index (χ1v) is 31.4. The van der Waals surface area contributed by atoms with Crippen molar-refractivity contribution in [1.82, 2.24) is 20.4 Å². The van der Waals surface area contributed by atoms with E-state index in [1.165, 1.54) is 13.8 Å². The normalized spacial score (nSPS) is 13.4. The van der Waals surface area contributed by atoms with Gasteiger partial charge >= 0.3 is 0 Å². The average molecular weight is 1120 g/mol. The Morgan fingerprint density at radius 2 is 1.00 bits per heavy atom. The topological polar surface area (TPSA) is 171 Å². The number of nitrogens with zero attached hydrogens (tertiary/aromatic N) is 6. The van der Waals surface area contributed by atoms with Gasteiger partial charge < -0.3 is 28.1 Å².